The van der Waals surface area contributed by atoms with Crippen molar-refractivity contribution in [3.8, 4) is 16.9 Å². The van der Waals surface area contributed by atoms with Crippen molar-refractivity contribution in [1.29, 1.82) is 0 Å². The molecule has 0 aliphatic carbocycles. The first kappa shape index (κ1) is 13.8. The summed E-state index contributed by atoms with van der Waals surface area (Å²) in [5.74, 6) is 1.30. The first-order valence-corrected chi connectivity index (χ1v) is 7.75. The van der Waals surface area contributed by atoms with Crippen LogP contribution in [-0.4, -0.2) is 11.6 Å². The largest absolute Gasteiger partial charge is 0.494 e. The maximum Gasteiger partial charge on any atom is 0.348 e. The van der Waals surface area contributed by atoms with Gasteiger partial charge >= 0.3 is 5.63 Å². The molecule has 0 radical (unpaired) electrons. The van der Waals surface area contributed by atoms with Gasteiger partial charge in [-0.2, -0.15) is 0 Å². The molecular weight excluding hydrogens is 286 g/mol. The lowest BCUT2D eigenvalue weighted by Gasteiger charge is -2.04. The SMILES string of the molecule is CCOc1ccc(-c2csc3nc(CC)oc(=O)c23)cc1. The Morgan fingerprint density at radius 3 is 2.67 bits per heavy atom. The lowest BCUT2D eigenvalue weighted by atomic mass is 10.1. The topological polar surface area (TPSA) is 52.3 Å². The molecule has 0 saturated carbocycles. The minimum Gasteiger partial charge on any atom is -0.494 e. The van der Waals surface area contributed by atoms with Gasteiger partial charge in [0.15, 0.2) is 5.89 Å². The van der Waals surface area contributed by atoms with Crippen molar-refractivity contribution in [2.24, 2.45) is 0 Å². The molecule has 5 heteroatoms. The average Bonchev–Trinajstić information content (AvgIpc) is 2.93. The van der Waals surface area contributed by atoms with Gasteiger partial charge in [0.1, 0.15) is 16.0 Å². The normalized spacial score (nSPS) is 11.0. The predicted molar refractivity (Wildman–Crippen MR) is 84.1 cm³/mol. The van der Waals surface area contributed by atoms with Crippen LogP contribution in [0.25, 0.3) is 21.3 Å². The fraction of sp³-hybridized carbons (Fsp3) is 0.250. The number of thiophene rings is 1. The van der Waals surface area contributed by atoms with E-state index in [0.29, 0.717) is 24.3 Å². The third-order valence-electron chi connectivity index (χ3n) is 3.19. The maximum absolute atomic E-state index is 12.2. The highest BCUT2D eigenvalue weighted by molar-refractivity contribution is 7.17. The molecule has 0 aliphatic heterocycles. The highest BCUT2D eigenvalue weighted by Gasteiger charge is 2.14. The van der Waals surface area contributed by atoms with Gasteiger partial charge in [0.25, 0.3) is 0 Å². The van der Waals surface area contributed by atoms with Gasteiger partial charge in [0, 0.05) is 17.4 Å². The van der Waals surface area contributed by atoms with Crippen LogP contribution >= 0.6 is 11.3 Å². The number of fused-ring (bicyclic) bond motifs is 1. The Labute approximate surface area is 126 Å². The third kappa shape index (κ3) is 2.56. The van der Waals surface area contributed by atoms with Crippen molar-refractivity contribution in [1.82, 2.24) is 4.98 Å². The molecule has 0 N–H and O–H groups in total. The van der Waals surface area contributed by atoms with Gasteiger partial charge in [0.2, 0.25) is 0 Å². The Kier molecular flexibility index (Phi) is 3.75. The fourth-order valence-corrected chi connectivity index (χ4v) is 3.13. The maximum atomic E-state index is 12.2. The number of nitrogens with zero attached hydrogens (tertiary/aromatic N) is 1. The first-order chi connectivity index (χ1) is 10.2. The van der Waals surface area contributed by atoms with E-state index in [4.69, 9.17) is 9.15 Å². The van der Waals surface area contributed by atoms with E-state index in [9.17, 15) is 4.79 Å². The molecule has 21 heavy (non-hydrogen) atoms. The van der Waals surface area contributed by atoms with Crippen LogP contribution in [0.3, 0.4) is 0 Å². The zero-order valence-electron chi connectivity index (χ0n) is 11.9. The van der Waals surface area contributed by atoms with Crippen molar-refractivity contribution < 1.29 is 9.15 Å². The minimum atomic E-state index is -0.318. The van der Waals surface area contributed by atoms with E-state index in [2.05, 4.69) is 4.98 Å². The zero-order valence-corrected chi connectivity index (χ0v) is 12.7. The lowest BCUT2D eigenvalue weighted by Crippen LogP contribution is -2.03. The highest BCUT2D eigenvalue weighted by atomic mass is 32.1. The quantitative estimate of drug-likeness (QED) is 0.734. The second-order valence-electron chi connectivity index (χ2n) is 4.54. The molecule has 108 valence electrons. The van der Waals surface area contributed by atoms with Gasteiger partial charge in [-0.15, -0.1) is 11.3 Å². The van der Waals surface area contributed by atoms with Crippen molar-refractivity contribution in [2.45, 2.75) is 20.3 Å². The molecule has 0 fully saturated rings. The predicted octanol–water partition coefficient (Wildman–Crippen LogP) is 3.88. The molecule has 1 aromatic carbocycles. The lowest BCUT2D eigenvalue weighted by molar-refractivity contribution is 0.340. The van der Waals surface area contributed by atoms with E-state index in [1.54, 1.807) is 0 Å². The van der Waals surface area contributed by atoms with Crippen LogP contribution in [0.1, 0.15) is 19.7 Å². The summed E-state index contributed by atoms with van der Waals surface area (Å²) in [6.45, 7) is 4.49. The van der Waals surface area contributed by atoms with Gasteiger partial charge < -0.3 is 9.15 Å². The van der Waals surface area contributed by atoms with E-state index < -0.39 is 0 Å². The molecule has 0 amide bonds. The number of aromatic nitrogens is 1. The smallest absolute Gasteiger partial charge is 0.348 e. The van der Waals surface area contributed by atoms with Crippen LogP contribution in [0.15, 0.2) is 38.9 Å². The molecule has 3 rings (SSSR count). The van der Waals surface area contributed by atoms with E-state index >= 15 is 0 Å². The van der Waals surface area contributed by atoms with Crippen molar-refractivity contribution >= 4 is 21.6 Å². The van der Waals surface area contributed by atoms with Crippen LogP contribution in [0.2, 0.25) is 0 Å². The zero-order chi connectivity index (χ0) is 14.8. The summed E-state index contributed by atoms with van der Waals surface area (Å²) in [5, 5.41) is 2.50. The van der Waals surface area contributed by atoms with Crippen LogP contribution in [0.5, 0.6) is 5.75 Å². The number of benzene rings is 1. The summed E-state index contributed by atoms with van der Waals surface area (Å²) in [5.41, 5.74) is 1.51. The fourth-order valence-electron chi connectivity index (χ4n) is 2.18. The number of ether oxygens (including phenoxy) is 1. The summed E-state index contributed by atoms with van der Waals surface area (Å²) in [7, 11) is 0. The Balaban J connectivity index is 2.10. The van der Waals surface area contributed by atoms with Crippen LogP contribution < -0.4 is 10.4 Å². The molecular formula is C16H15NO3S. The van der Waals surface area contributed by atoms with Crippen LogP contribution in [0.4, 0.5) is 0 Å². The molecule has 0 aliphatic rings. The van der Waals surface area contributed by atoms with Crippen molar-refractivity contribution in [3.63, 3.8) is 0 Å². The molecule has 0 unspecified atom stereocenters. The molecule has 2 aromatic heterocycles. The van der Waals surface area contributed by atoms with Gasteiger partial charge in [-0.25, -0.2) is 9.78 Å². The van der Waals surface area contributed by atoms with E-state index in [1.807, 2.05) is 43.5 Å². The minimum absolute atomic E-state index is 0.318. The van der Waals surface area contributed by atoms with Gasteiger partial charge in [-0.1, -0.05) is 19.1 Å². The number of aryl methyl sites for hydroxylation is 1. The second kappa shape index (κ2) is 5.69. The number of rotatable bonds is 4. The third-order valence-corrected chi connectivity index (χ3v) is 4.06. The summed E-state index contributed by atoms with van der Waals surface area (Å²) in [6, 6.07) is 7.69. The summed E-state index contributed by atoms with van der Waals surface area (Å²) in [6.07, 6.45) is 0.613. The molecule has 4 nitrogen and oxygen atoms in total. The average molecular weight is 301 g/mol. The summed E-state index contributed by atoms with van der Waals surface area (Å²) < 4.78 is 10.7. The standard InChI is InChI=1S/C16H15NO3S/c1-3-13-17-15-14(16(18)20-13)12(9-21-15)10-5-7-11(8-6-10)19-4-2/h5-9H,3-4H2,1-2H3. The molecule has 0 bridgehead atoms. The van der Waals surface area contributed by atoms with Gasteiger partial charge in [-0.05, 0) is 24.6 Å². The van der Waals surface area contributed by atoms with Crippen molar-refractivity contribution in [2.75, 3.05) is 6.61 Å². The Morgan fingerprint density at radius 2 is 2.00 bits per heavy atom. The molecule has 2 heterocycles. The molecule has 3 aromatic rings. The Morgan fingerprint density at radius 1 is 1.24 bits per heavy atom. The summed E-state index contributed by atoms with van der Waals surface area (Å²) in [4.78, 5) is 17.3. The molecule has 0 saturated heterocycles. The number of hydrogen-bond donors (Lipinski definition) is 0. The van der Waals surface area contributed by atoms with Gasteiger partial charge in [-0.3, -0.25) is 0 Å². The first-order valence-electron chi connectivity index (χ1n) is 6.87. The van der Waals surface area contributed by atoms with Crippen molar-refractivity contribution in [3.05, 3.63) is 46.0 Å². The highest BCUT2D eigenvalue weighted by Crippen LogP contribution is 2.32. The van der Waals surface area contributed by atoms with E-state index in [-0.39, 0.29) is 5.63 Å². The molecule has 0 spiro atoms. The van der Waals surface area contributed by atoms with Gasteiger partial charge in [0.05, 0.1) is 6.61 Å². The Hall–Kier alpha value is -2.14. The molecule has 0 atom stereocenters. The van der Waals surface area contributed by atoms with Crippen LogP contribution in [-0.2, 0) is 6.42 Å². The van der Waals surface area contributed by atoms with Crippen LogP contribution in [0, 0.1) is 0 Å². The number of hydrogen-bond acceptors (Lipinski definition) is 5. The van der Waals surface area contributed by atoms with E-state index in [0.717, 1.165) is 21.7 Å². The Bertz CT molecular complexity index is 818. The second-order valence-corrected chi connectivity index (χ2v) is 5.39. The monoisotopic (exact) mass is 301 g/mol. The van der Waals surface area contributed by atoms with E-state index in [1.165, 1.54) is 11.3 Å². The summed E-state index contributed by atoms with van der Waals surface area (Å²) >= 11 is 1.46.